The number of piperidine rings is 2. The number of hydrogen-bond donors (Lipinski definition) is 1. The number of pyridine rings is 1. The van der Waals surface area contributed by atoms with Gasteiger partial charge < -0.3 is 15.0 Å². The molecule has 4 aliphatic rings. The molecule has 2 aliphatic carbocycles. The Kier molecular flexibility index (Phi) is 4.02. The zero-order valence-electron chi connectivity index (χ0n) is 15.1. The van der Waals surface area contributed by atoms with E-state index in [-0.39, 0.29) is 17.2 Å². The number of hydrogen-bond acceptors (Lipinski definition) is 4. The quantitative estimate of drug-likeness (QED) is 0.795. The Balaban J connectivity index is 1.52. The van der Waals surface area contributed by atoms with Gasteiger partial charge in [0.25, 0.3) is 0 Å². The number of carbonyl (C=O) groups is 1. The van der Waals surface area contributed by atoms with Crippen LogP contribution in [0.5, 0.6) is 0 Å². The van der Waals surface area contributed by atoms with E-state index in [1.54, 1.807) is 0 Å². The van der Waals surface area contributed by atoms with Crippen LogP contribution in [0.1, 0.15) is 52.9 Å². The Bertz CT molecular complexity index is 654. The predicted molar refractivity (Wildman–Crippen MR) is 101 cm³/mol. The van der Waals surface area contributed by atoms with Crippen molar-refractivity contribution in [3.8, 4) is 0 Å². The van der Waals surface area contributed by atoms with Gasteiger partial charge in [0.15, 0.2) is 0 Å². The normalized spacial score (nSPS) is 33.4. The molecule has 4 bridgehead atoms. The van der Waals surface area contributed by atoms with E-state index in [0.717, 1.165) is 29.6 Å². The van der Waals surface area contributed by atoms with Gasteiger partial charge in [-0.15, -0.1) is 0 Å². The van der Waals surface area contributed by atoms with E-state index in [4.69, 9.17) is 4.74 Å². The van der Waals surface area contributed by atoms with Gasteiger partial charge in [-0.2, -0.15) is 0 Å². The Morgan fingerprint density at radius 1 is 1.28 bits per heavy atom. The smallest absolute Gasteiger partial charge is 0.408 e. The number of halogens is 1. The third-order valence-electron chi connectivity index (χ3n) is 5.64. The Morgan fingerprint density at radius 2 is 1.96 bits per heavy atom. The first-order chi connectivity index (χ1) is 11.7. The van der Waals surface area contributed by atoms with Gasteiger partial charge in [0.1, 0.15) is 11.4 Å². The van der Waals surface area contributed by atoms with Crippen molar-refractivity contribution in [2.45, 2.75) is 76.1 Å². The van der Waals surface area contributed by atoms with Crippen molar-refractivity contribution in [3.05, 3.63) is 22.8 Å². The highest BCUT2D eigenvalue weighted by atomic mass is 79.9. The molecule has 2 aliphatic heterocycles. The lowest BCUT2D eigenvalue weighted by molar-refractivity contribution is -0.0944. The zero-order chi connectivity index (χ0) is 17.8. The van der Waals surface area contributed by atoms with Crippen LogP contribution in [-0.4, -0.2) is 34.3 Å². The van der Waals surface area contributed by atoms with Crippen LogP contribution in [-0.2, 0) is 4.74 Å². The lowest BCUT2D eigenvalue weighted by atomic mass is 9.61. The van der Waals surface area contributed by atoms with Crippen molar-refractivity contribution in [3.63, 3.8) is 0 Å². The number of nitrogens with one attached hydrogen (secondary N) is 1. The standard InChI is InChI=1S/C19H26BrN3O2/c1-18(2,3)22-17(24)25-19-8-12-6-14(9-19)23(15(7-12)10-19)16-5-4-13(20)11-21-16/h4-5,11-12,14-15H,6-10H2,1-3H3,(H,22,24). The summed E-state index contributed by atoms with van der Waals surface area (Å²) in [7, 11) is 0. The van der Waals surface area contributed by atoms with Gasteiger partial charge in [0, 0.05) is 41.1 Å². The number of aromatic nitrogens is 1. The van der Waals surface area contributed by atoms with E-state index in [9.17, 15) is 4.79 Å². The topological polar surface area (TPSA) is 54.5 Å². The Morgan fingerprint density at radius 3 is 2.52 bits per heavy atom. The highest BCUT2D eigenvalue weighted by Gasteiger charge is 2.57. The summed E-state index contributed by atoms with van der Waals surface area (Å²) in [6.07, 6.45) is 6.79. The molecule has 0 radical (unpaired) electrons. The number of carbonyl (C=O) groups excluding carboxylic acids is 1. The van der Waals surface area contributed by atoms with Crippen molar-refractivity contribution >= 4 is 27.8 Å². The first kappa shape index (κ1) is 17.1. The van der Waals surface area contributed by atoms with Gasteiger partial charge in [0.05, 0.1) is 0 Å². The average Bonchev–Trinajstić information content (AvgIpc) is 2.45. The molecule has 2 unspecified atom stereocenters. The molecule has 3 heterocycles. The second kappa shape index (κ2) is 5.86. The van der Waals surface area contributed by atoms with Gasteiger partial charge in [-0.1, -0.05) is 0 Å². The maximum atomic E-state index is 12.4. The molecule has 6 heteroatoms. The van der Waals surface area contributed by atoms with Crippen molar-refractivity contribution < 1.29 is 9.53 Å². The van der Waals surface area contributed by atoms with Gasteiger partial charge in [-0.25, -0.2) is 9.78 Å². The summed E-state index contributed by atoms with van der Waals surface area (Å²) in [5.41, 5.74) is -0.565. The molecule has 0 aromatic carbocycles. The molecule has 1 N–H and O–H groups in total. The third-order valence-corrected chi connectivity index (χ3v) is 6.11. The van der Waals surface area contributed by atoms with Crippen molar-refractivity contribution in [2.75, 3.05) is 4.90 Å². The summed E-state index contributed by atoms with van der Waals surface area (Å²) in [6.45, 7) is 5.94. The van der Waals surface area contributed by atoms with Gasteiger partial charge in [-0.3, -0.25) is 0 Å². The van der Waals surface area contributed by atoms with Crippen LogP contribution >= 0.6 is 15.9 Å². The number of ether oxygens (including phenoxy) is 1. The molecule has 5 rings (SSSR count). The third kappa shape index (κ3) is 3.37. The average molecular weight is 408 g/mol. The first-order valence-corrected chi connectivity index (χ1v) is 9.93. The van der Waals surface area contributed by atoms with Crippen LogP contribution in [0, 0.1) is 5.92 Å². The first-order valence-electron chi connectivity index (χ1n) is 9.14. The Hall–Kier alpha value is -1.30. The summed E-state index contributed by atoms with van der Waals surface area (Å²) in [5.74, 6) is 1.71. The molecule has 2 saturated carbocycles. The van der Waals surface area contributed by atoms with Crippen molar-refractivity contribution in [1.29, 1.82) is 0 Å². The number of nitrogens with zero attached hydrogens (tertiary/aromatic N) is 2. The summed E-state index contributed by atoms with van der Waals surface area (Å²) < 4.78 is 7.03. The lowest BCUT2D eigenvalue weighted by Crippen LogP contribution is -2.66. The molecule has 5 nitrogen and oxygen atoms in total. The van der Waals surface area contributed by atoms with Crippen molar-refractivity contribution in [1.82, 2.24) is 10.3 Å². The van der Waals surface area contributed by atoms with Crippen LogP contribution in [0.4, 0.5) is 10.6 Å². The second-order valence-corrected chi connectivity index (χ2v) is 9.86. The minimum atomic E-state index is -0.294. The van der Waals surface area contributed by atoms with Crippen LogP contribution in [0.2, 0.25) is 0 Å². The summed E-state index contributed by atoms with van der Waals surface area (Å²) >= 11 is 3.46. The second-order valence-electron chi connectivity index (χ2n) is 8.95. The molecule has 25 heavy (non-hydrogen) atoms. The van der Waals surface area contributed by atoms with Gasteiger partial charge in [-0.05, 0) is 74.0 Å². The van der Waals surface area contributed by atoms with Gasteiger partial charge in [0.2, 0.25) is 0 Å². The number of alkyl carbamates (subject to hydrolysis) is 1. The molecule has 136 valence electrons. The van der Waals surface area contributed by atoms with E-state index in [1.807, 2.05) is 27.0 Å². The largest absolute Gasteiger partial charge is 0.443 e. The molecular weight excluding hydrogens is 382 g/mol. The molecule has 1 aromatic rings. The molecule has 2 saturated heterocycles. The van der Waals surface area contributed by atoms with Crippen LogP contribution in [0.15, 0.2) is 22.8 Å². The highest BCUT2D eigenvalue weighted by Crippen LogP contribution is 2.53. The molecular formula is C19H26BrN3O2. The molecule has 2 atom stereocenters. The molecule has 0 spiro atoms. The number of amides is 1. The van der Waals surface area contributed by atoms with E-state index >= 15 is 0 Å². The maximum absolute atomic E-state index is 12.4. The molecule has 1 aromatic heterocycles. The highest BCUT2D eigenvalue weighted by molar-refractivity contribution is 9.10. The van der Waals surface area contributed by atoms with Crippen LogP contribution in [0.25, 0.3) is 0 Å². The summed E-state index contributed by atoms with van der Waals surface area (Å²) in [5, 5.41) is 2.95. The van der Waals surface area contributed by atoms with E-state index in [2.05, 4.69) is 43.3 Å². The maximum Gasteiger partial charge on any atom is 0.408 e. The predicted octanol–water partition coefficient (Wildman–Crippen LogP) is 4.26. The van der Waals surface area contributed by atoms with Crippen LogP contribution in [0.3, 0.4) is 0 Å². The fourth-order valence-corrected chi connectivity index (χ4v) is 5.34. The zero-order valence-corrected chi connectivity index (χ0v) is 16.7. The summed E-state index contributed by atoms with van der Waals surface area (Å²) in [6, 6.07) is 4.98. The number of rotatable bonds is 2. The minimum Gasteiger partial charge on any atom is -0.443 e. The fraction of sp³-hybridized carbons (Fsp3) is 0.684. The monoisotopic (exact) mass is 407 g/mol. The van der Waals surface area contributed by atoms with Gasteiger partial charge >= 0.3 is 6.09 Å². The molecule has 4 fully saturated rings. The van der Waals surface area contributed by atoms with E-state index in [0.29, 0.717) is 18.0 Å². The summed E-state index contributed by atoms with van der Waals surface area (Å²) in [4.78, 5) is 19.5. The minimum absolute atomic E-state index is 0.271. The van der Waals surface area contributed by atoms with Crippen molar-refractivity contribution in [2.24, 2.45) is 5.92 Å². The number of anilines is 1. The van der Waals surface area contributed by atoms with E-state index in [1.165, 1.54) is 12.8 Å². The fourth-order valence-electron chi connectivity index (χ4n) is 5.10. The van der Waals surface area contributed by atoms with E-state index < -0.39 is 0 Å². The van der Waals surface area contributed by atoms with Crippen LogP contribution < -0.4 is 10.2 Å². The SMILES string of the molecule is CC(C)(C)NC(=O)OC12CC3CC(C1)N(c1ccc(Br)cn1)C(C3)C2. The lowest BCUT2D eigenvalue weighted by Gasteiger charge is -2.61. The molecule has 1 amide bonds. The Labute approximate surface area is 157 Å².